The summed E-state index contributed by atoms with van der Waals surface area (Å²) in [6.07, 6.45) is -12.3. The van der Waals surface area contributed by atoms with Gasteiger partial charge in [0.2, 0.25) is 12.2 Å². The van der Waals surface area contributed by atoms with Crippen LogP contribution in [0.4, 0.5) is 0 Å². The molecule has 0 spiro atoms. The number of aliphatic carboxylic acids is 1. The zero-order valence-electron chi connectivity index (χ0n) is 21.6. The summed E-state index contributed by atoms with van der Waals surface area (Å²) in [5.74, 6) is -5.26. The molecule has 13 heteroatoms. The fraction of sp³-hybridized carbons (Fsp3) is 0.680. The number of aryl methyl sites for hydroxylation is 1. The number of amides is 1. The van der Waals surface area contributed by atoms with Crippen LogP contribution < -0.4 is 10.1 Å². The molecule has 2 saturated heterocycles. The third kappa shape index (κ3) is 6.43. The summed E-state index contributed by atoms with van der Waals surface area (Å²) in [6, 6.07) is 5.62. The van der Waals surface area contributed by atoms with E-state index in [1.54, 1.807) is 31.2 Å². The van der Waals surface area contributed by atoms with Gasteiger partial charge >= 0.3 is 5.97 Å². The van der Waals surface area contributed by atoms with Crippen LogP contribution in [0.25, 0.3) is 0 Å². The van der Waals surface area contributed by atoms with Gasteiger partial charge < -0.3 is 54.9 Å². The van der Waals surface area contributed by atoms with Crippen molar-refractivity contribution in [2.45, 2.75) is 95.0 Å². The Morgan fingerprint density at radius 2 is 1.82 bits per heavy atom. The first kappa shape index (κ1) is 30.2. The molecule has 214 valence electrons. The highest BCUT2D eigenvalue weighted by Crippen LogP contribution is 2.39. The molecule has 3 unspecified atom stereocenters. The van der Waals surface area contributed by atoms with Crippen LogP contribution in [0.1, 0.15) is 32.8 Å². The molecule has 11 atom stereocenters. The van der Waals surface area contributed by atoms with Crippen molar-refractivity contribution in [3.05, 3.63) is 29.8 Å². The van der Waals surface area contributed by atoms with E-state index in [0.29, 0.717) is 5.75 Å². The van der Waals surface area contributed by atoms with E-state index in [4.69, 9.17) is 18.9 Å². The average Bonchev–Trinajstić information content (AvgIpc) is 2.85. The smallest absolute Gasteiger partial charge is 0.364 e. The first-order valence-electron chi connectivity index (χ1n) is 12.4. The van der Waals surface area contributed by atoms with E-state index in [9.17, 15) is 40.2 Å². The predicted octanol–water partition coefficient (Wildman–Crippen LogP) is -1.35. The van der Waals surface area contributed by atoms with Crippen LogP contribution >= 0.6 is 0 Å². The Labute approximate surface area is 219 Å². The molecular formula is C25H37NO12. The lowest BCUT2D eigenvalue weighted by Crippen LogP contribution is -2.68. The maximum Gasteiger partial charge on any atom is 0.364 e. The van der Waals surface area contributed by atoms with Crippen LogP contribution in [0, 0.1) is 12.8 Å². The molecule has 2 aliphatic heterocycles. The first-order valence-corrected chi connectivity index (χ1v) is 12.4. The maximum absolute atomic E-state index is 12.5. The van der Waals surface area contributed by atoms with Gasteiger partial charge in [0, 0.05) is 19.3 Å². The van der Waals surface area contributed by atoms with Crippen LogP contribution in [0.5, 0.6) is 5.75 Å². The SMILES string of the molecule is CC(=O)N[C@@H](C1O[C@@](O[C@@H]2C(O)[C@H](Oc3ccc(C)cc3)OC(CO)[C@@H]2O)(C(=O)O)C[C@@H](O)[C@H]1C)[C@@H](C)O. The Morgan fingerprint density at radius 1 is 1.18 bits per heavy atom. The maximum atomic E-state index is 12.5. The summed E-state index contributed by atoms with van der Waals surface area (Å²) in [6.45, 7) is 5.29. The predicted molar refractivity (Wildman–Crippen MR) is 129 cm³/mol. The van der Waals surface area contributed by atoms with E-state index in [1.165, 1.54) is 13.8 Å². The Morgan fingerprint density at radius 3 is 2.34 bits per heavy atom. The van der Waals surface area contributed by atoms with Crippen molar-refractivity contribution in [1.82, 2.24) is 5.32 Å². The van der Waals surface area contributed by atoms with Gasteiger partial charge in [0.1, 0.15) is 30.2 Å². The van der Waals surface area contributed by atoms with Crippen molar-refractivity contribution in [2.24, 2.45) is 5.92 Å². The summed E-state index contributed by atoms with van der Waals surface area (Å²) in [4.78, 5) is 24.3. The number of hydrogen-bond donors (Lipinski definition) is 7. The fourth-order valence-electron chi connectivity index (χ4n) is 4.69. The van der Waals surface area contributed by atoms with Gasteiger partial charge in [-0.15, -0.1) is 0 Å². The Kier molecular flexibility index (Phi) is 9.71. The minimum atomic E-state index is -2.61. The number of carbonyl (C=O) groups is 2. The van der Waals surface area contributed by atoms with E-state index < -0.39 is 91.7 Å². The number of ether oxygens (including phenoxy) is 4. The van der Waals surface area contributed by atoms with Crippen LogP contribution in [-0.2, 0) is 23.8 Å². The largest absolute Gasteiger partial charge is 0.477 e. The van der Waals surface area contributed by atoms with E-state index in [1.807, 2.05) is 6.92 Å². The van der Waals surface area contributed by atoms with E-state index in [2.05, 4.69) is 5.32 Å². The number of aliphatic hydroxyl groups is 5. The number of benzene rings is 1. The second-order valence-corrected chi connectivity index (χ2v) is 9.96. The lowest BCUT2D eigenvalue weighted by Gasteiger charge is -2.50. The van der Waals surface area contributed by atoms with Crippen molar-refractivity contribution in [3.63, 3.8) is 0 Å². The number of carboxylic acid groups (broad SMARTS) is 1. The molecule has 2 fully saturated rings. The van der Waals surface area contributed by atoms with Gasteiger partial charge in [-0.3, -0.25) is 4.79 Å². The lowest BCUT2D eigenvalue weighted by atomic mass is 9.83. The Bertz CT molecular complexity index is 958. The lowest BCUT2D eigenvalue weighted by molar-refractivity contribution is -0.362. The Balaban J connectivity index is 1.93. The minimum Gasteiger partial charge on any atom is -0.477 e. The standard InChI is InChI=1S/C25H37NO12/c1-11-5-7-15(8-6-11)35-23-20(32)22(19(31)17(10-27)36-23)38-25(24(33)34)9-16(30)12(2)21(37-25)18(13(3)28)26-14(4)29/h5-8,12-13,16-23,27-28,30-32H,9-10H2,1-4H3,(H,26,29)(H,33,34)/t12-,13-,16-,17?,18-,19+,20?,21?,22+,23-,25+/m1/s1. The zero-order chi connectivity index (χ0) is 28.4. The molecule has 1 aromatic rings. The Hall–Kier alpha value is -2.36. The van der Waals surface area contributed by atoms with Crippen LogP contribution in [0.15, 0.2) is 24.3 Å². The highest BCUT2D eigenvalue weighted by molar-refractivity contribution is 5.76. The molecule has 1 amide bonds. The average molecular weight is 544 g/mol. The molecule has 38 heavy (non-hydrogen) atoms. The van der Waals surface area contributed by atoms with Crippen molar-refractivity contribution < 1.29 is 59.2 Å². The van der Waals surface area contributed by atoms with Crippen molar-refractivity contribution in [2.75, 3.05) is 6.61 Å². The molecule has 2 aliphatic rings. The summed E-state index contributed by atoms with van der Waals surface area (Å²) in [5, 5.41) is 65.4. The van der Waals surface area contributed by atoms with Crippen LogP contribution in [0.3, 0.4) is 0 Å². The normalized spacial score (nSPS) is 37.2. The summed E-state index contributed by atoms with van der Waals surface area (Å²) >= 11 is 0. The molecule has 0 saturated carbocycles. The molecule has 0 radical (unpaired) electrons. The van der Waals surface area contributed by atoms with Crippen molar-refractivity contribution >= 4 is 11.9 Å². The van der Waals surface area contributed by atoms with Gasteiger partial charge in [0.25, 0.3) is 5.79 Å². The van der Waals surface area contributed by atoms with E-state index in [-0.39, 0.29) is 0 Å². The van der Waals surface area contributed by atoms with Crippen molar-refractivity contribution in [3.8, 4) is 5.75 Å². The molecule has 7 N–H and O–H groups in total. The third-order valence-corrected chi connectivity index (χ3v) is 6.92. The van der Waals surface area contributed by atoms with Gasteiger partial charge in [0.05, 0.1) is 31.0 Å². The van der Waals surface area contributed by atoms with E-state index in [0.717, 1.165) is 5.56 Å². The summed E-state index contributed by atoms with van der Waals surface area (Å²) in [7, 11) is 0. The highest BCUT2D eigenvalue weighted by atomic mass is 16.7. The van der Waals surface area contributed by atoms with Gasteiger partial charge in [0.15, 0.2) is 0 Å². The second kappa shape index (κ2) is 12.2. The summed E-state index contributed by atoms with van der Waals surface area (Å²) in [5.41, 5.74) is 0.947. The van der Waals surface area contributed by atoms with Gasteiger partial charge in [-0.05, 0) is 26.0 Å². The molecule has 0 aromatic heterocycles. The molecule has 13 nitrogen and oxygen atoms in total. The number of carbonyl (C=O) groups excluding carboxylic acids is 1. The van der Waals surface area contributed by atoms with Gasteiger partial charge in [-0.2, -0.15) is 0 Å². The topological polar surface area (TPSA) is 204 Å². The fourth-order valence-corrected chi connectivity index (χ4v) is 4.69. The highest BCUT2D eigenvalue weighted by Gasteiger charge is 2.58. The summed E-state index contributed by atoms with van der Waals surface area (Å²) < 4.78 is 22.8. The molecule has 0 bridgehead atoms. The number of rotatable bonds is 9. The van der Waals surface area contributed by atoms with E-state index >= 15 is 0 Å². The quantitative estimate of drug-likeness (QED) is 0.193. The van der Waals surface area contributed by atoms with Crippen LogP contribution in [-0.4, -0.2) is 110 Å². The molecule has 0 aliphatic carbocycles. The zero-order valence-corrected chi connectivity index (χ0v) is 21.6. The number of carboxylic acids is 1. The number of hydrogen-bond acceptors (Lipinski definition) is 11. The van der Waals surface area contributed by atoms with Gasteiger partial charge in [-0.25, -0.2) is 4.79 Å². The first-order chi connectivity index (χ1) is 17.8. The number of nitrogens with one attached hydrogen (secondary N) is 1. The molecular weight excluding hydrogens is 506 g/mol. The van der Waals surface area contributed by atoms with Gasteiger partial charge in [-0.1, -0.05) is 24.6 Å². The van der Waals surface area contributed by atoms with Crippen molar-refractivity contribution in [1.29, 1.82) is 0 Å². The molecule has 3 rings (SSSR count). The molecule has 1 aromatic carbocycles. The second-order valence-electron chi connectivity index (χ2n) is 9.96. The minimum absolute atomic E-state index is 0.299. The molecule has 2 heterocycles. The van der Waals surface area contributed by atoms with Crippen LogP contribution in [0.2, 0.25) is 0 Å². The third-order valence-electron chi connectivity index (χ3n) is 6.92. The number of aliphatic hydroxyl groups excluding tert-OH is 5. The monoisotopic (exact) mass is 543 g/mol.